The summed E-state index contributed by atoms with van der Waals surface area (Å²) in [4.78, 5) is 24.3. The van der Waals surface area contributed by atoms with Gasteiger partial charge in [-0.2, -0.15) is 0 Å². The van der Waals surface area contributed by atoms with Gasteiger partial charge >= 0.3 is 0 Å². The number of rotatable bonds is 1. The molecular formula is C22H32O3. The molecule has 4 aliphatic rings. The Hall–Kier alpha value is -0.960. The second-order valence-electron chi connectivity index (χ2n) is 9.91. The third kappa shape index (κ3) is 2.08. The van der Waals surface area contributed by atoms with Crippen molar-refractivity contribution in [2.75, 3.05) is 0 Å². The topological polar surface area (TPSA) is 54.4 Å². The van der Waals surface area contributed by atoms with Gasteiger partial charge in [-0.05, 0) is 80.6 Å². The fourth-order valence-corrected chi connectivity index (χ4v) is 7.58. The van der Waals surface area contributed by atoms with Crippen LogP contribution in [0.15, 0.2) is 11.6 Å². The number of Topliss-reactive ketones (excluding diaryl/α,β-unsaturated/α-hetero) is 1. The van der Waals surface area contributed by atoms with E-state index < -0.39 is 5.60 Å². The van der Waals surface area contributed by atoms with Crippen LogP contribution in [0.4, 0.5) is 0 Å². The maximum atomic E-state index is 12.3. The van der Waals surface area contributed by atoms with Crippen LogP contribution >= 0.6 is 0 Å². The molecule has 3 saturated carbocycles. The van der Waals surface area contributed by atoms with Crippen molar-refractivity contribution in [2.24, 2.45) is 34.5 Å². The van der Waals surface area contributed by atoms with Crippen molar-refractivity contribution in [3.63, 3.8) is 0 Å². The fraction of sp³-hybridized carbons (Fsp3) is 0.818. The molecule has 3 fully saturated rings. The second-order valence-corrected chi connectivity index (χ2v) is 9.91. The quantitative estimate of drug-likeness (QED) is 0.779. The van der Waals surface area contributed by atoms with E-state index in [2.05, 4.69) is 20.8 Å². The molecule has 0 aromatic rings. The number of ketones is 2. The summed E-state index contributed by atoms with van der Waals surface area (Å²) >= 11 is 0. The number of carbonyl (C=O) groups is 2. The first kappa shape index (κ1) is 17.5. The van der Waals surface area contributed by atoms with Gasteiger partial charge in [-0.15, -0.1) is 0 Å². The molecule has 4 rings (SSSR count). The largest absolute Gasteiger partial charge is 0.382 e. The highest BCUT2D eigenvalue weighted by atomic mass is 16.3. The van der Waals surface area contributed by atoms with Gasteiger partial charge in [0.25, 0.3) is 0 Å². The van der Waals surface area contributed by atoms with Crippen molar-refractivity contribution in [2.45, 2.75) is 78.2 Å². The zero-order valence-electron chi connectivity index (χ0n) is 16.1. The van der Waals surface area contributed by atoms with E-state index in [1.807, 2.05) is 6.08 Å². The minimum absolute atomic E-state index is 0.0464. The molecule has 25 heavy (non-hydrogen) atoms. The molecule has 0 aromatic carbocycles. The number of allylic oxidation sites excluding steroid dienone is 1. The summed E-state index contributed by atoms with van der Waals surface area (Å²) in [6, 6.07) is 0. The number of hydrogen-bond acceptors (Lipinski definition) is 3. The van der Waals surface area contributed by atoms with Crippen LogP contribution in [0.5, 0.6) is 0 Å². The van der Waals surface area contributed by atoms with Gasteiger partial charge in [-0.3, -0.25) is 9.59 Å². The van der Waals surface area contributed by atoms with Gasteiger partial charge in [-0.1, -0.05) is 26.3 Å². The van der Waals surface area contributed by atoms with E-state index in [-0.39, 0.29) is 16.6 Å². The molecule has 138 valence electrons. The number of fused-ring (bicyclic) bond motifs is 5. The third-order valence-corrected chi connectivity index (χ3v) is 9.01. The maximum absolute atomic E-state index is 12.3. The predicted octanol–water partition coefficient (Wildman–Crippen LogP) is 4.08. The van der Waals surface area contributed by atoms with Crippen molar-refractivity contribution in [3.05, 3.63) is 11.6 Å². The third-order valence-electron chi connectivity index (χ3n) is 9.01. The molecule has 0 unspecified atom stereocenters. The van der Waals surface area contributed by atoms with Gasteiger partial charge in [-0.25, -0.2) is 0 Å². The Labute approximate surface area is 151 Å². The zero-order chi connectivity index (χ0) is 18.2. The van der Waals surface area contributed by atoms with Gasteiger partial charge in [0.05, 0.1) is 0 Å². The second kappa shape index (κ2) is 5.28. The van der Waals surface area contributed by atoms with Crippen molar-refractivity contribution < 1.29 is 14.7 Å². The average molecular weight is 344 g/mol. The van der Waals surface area contributed by atoms with Crippen LogP contribution in [0.1, 0.15) is 72.6 Å². The van der Waals surface area contributed by atoms with Crippen molar-refractivity contribution >= 4 is 11.6 Å². The summed E-state index contributed by atoms with van der Waals surface area (Å²) in [6.07, 6.45) is 8.31. The highest BCUT2D eigenvalue weighted by Gasteiger charge is 2.66. The van der Waals surface area contributed by atoms with Crippen LogP contribution in [0.25, 0.3) is 0 Å². The molecule has 7 atom stereocenters. The van der Waals surface area contributed by atoms with E-state index in [1.165, 1.54) is 5.57 Å². The minimum atomic E-state index is -1.13. The van der Waals surface area contributed by atoms with Crippen LogP contribution in [-0.2, 0) is 9.59 Å². The van der Waals surface area contributed by atoms with E-state index in [1.54, 1.807) is 6.92 Å². The molecule has 0 aromatic heterocycles. The zero-order valence-corrected chi connectivity index (χ0v) is 16.1. The van der Waals surface area contributed by atoms with E-state index in [9.17, 15) is 14.7 Å². The Kier molecular flexibility index (Phi) is 3.69. The lowest BCUT2D eigenvalue weighted by Crippen LogP contribution is -2.57. The summed E-state index contributed by atoms with van der Waals surface area (Å²) in [5.41, 5.74) is 0.107. The van der Waals surface area contributed by atoms with Crippen LogP contribution in [0, 0.1) is 34.5 Å². The Morgan fingerprint density at radius 1 is 1.16 bits per heavy atom. The lowest BCUT2D eigenvalue weighted by atomic mass is 9.45. The van der Waals surface area contributed by atoms with Crippen LogP contribution in [0.3, 0.4) is 0 Å². The molecule has 0 spiro atoms. The van der Waals surface area contributed by atoms with Crippen molar-refractivity contribution in [1.29, 1.82) is 0 Å². The van der Waals surface area contributed by atoms with Gasteiger partial charge in [0, 0.05) is 11.8 Å². The van der Waals surface area contributed by atoms with Crippen molar-refractivity contribution in [3.8, 4) is 0 Å². The SMILES string of the molecule is CC(=O)[C@@]1(O)CC[C@H]2[C@@H]3C[C@H](C)C4=CC(=O)CC[C@]4(C)[C@@H]3CC[C@@]21C. The van der Waals surface area contributed by atoms with Gasteiger partial charge in [0.15, 0.2) is 11.6 Å². The number of aliphatic hydroxyl groups is 1. The highest BCUT2D eigenvalue weighted by Crippen LogP contribution is 2.68. The normalized spacial score (nSPS) is 52.0. The van der Waals surface area contributed by atoms with E-state index in [0.29, 0.717) is 42.3 Å². The number of carbonyl (C=O) groups excluding carboxylic acids is 2. The maximum Gasteiger partial charge on any atom is 0.161 e. The molecule has 0 heterocycles. The number of hydrogen-bond donors (Lipinski definition) is 1. The monoisotopic (exact) mass is 344 g/mol. The van der Waals surface area contributed by atoms with Crippen LogP contribution in [0.2, 0.25) is 0 Å². The molecule has 4 aliphatic carbocycles. The predicted molar refractivity (Wildman–Crippen MR) is 96.9 cm³/mol. The molecule has 3 heteroatoms. The minimum Gasteiger partial charge on any atom is -0.382 e. The Balaban J connectivity index is 1.73. The fourth-order valence-electron chi connectivity index (χ4n) is 7.58. The van der Waals surface area contributed by atoms with Crippen LogP contribution in [-0.4, -0.2) is 22.3 Å². The smallest absolute Gasteiger partial charge is 0.161 e. The Morgan fingerprint density at radius 2 is 1.84 bits per heavy atom. The molecule has 3 nitrogen and oxygen atoms in total. The summed E-state index contributed by atoms with van der Waals surface area (Å²) in [5, 5.41) is 11.2. The van der Waals surface area contributed by atoms with E-state index in [4.69, 9.17) is 0 Å². The summed E-state index contributed by atoms with van der Waals surface area (Å²) in [5.74, 6) is 2.27. The molecule has 0 aliphatic heterocycles. The highest BCUT2D eigenvalue weighted by molar-refractivity contribution is 5.91. The first-order valence-corrected chi connectivity index (χ1v) is 10.1. The summed E-state index contributed by atoms with van der Waals surface area (Å²) in [6.45, 7) is 8.40. The Morgan fingerprint density at radius 3 is 2.52 bits per heavy atom. The molecule has 0 bridgehead atoms. The van der Waals surface area contributed by atoms with Gasteiger partial charge < -0.3 is 5.11 Å². The van der Waals surface area contributed by atoms with Gasteiger partial charge in [0.1, 0.15) is 5.60 Å². The Bertz CT molecular complexity index is 664. The molecule has 0 radical (unpaired) electrons. The van der Waals surface area contributed by atoms with Crippen molar-refractivity contribution in [1.82, 2.24) is 0 Å². The average Bonchev–Trinajstić information content (AvgIpc) is 2.83. The van der Waals surface area contributed by atoms with E-state index >= 15 is 0 Å². The first-order valence-electron chi connectivity index (χ1n) is 10.1. The van der Waals surface area contributed by atoms with Crippen LogP contribution < -0.4 is 0 Å². The van der Waals surface area contributed by atoms with E-state index in [0.717, 1.165) is 32.1 Å². The molecule has 0 amide bonds. The summed E-state index contributed by atoms with van der Waals surface area (Å²) < 4.78 is 0. The lowest BCUT2D eigenvalue weighted by Gasteiger charge is -2.60. The lowest BCUT2D eigenvalue weighted by molar-refractivity contribution is -0.161. The van der Waals surface area contributed by atoms with Gasteiger partial charge in [0.2, 0.25) is 0 Å². The molecule has 1 N–H and O–H groups in total. The summed E-state index contributed by atoms with van der Waals surface area (Å²) in [7, 11) is 0. The molecular weight excluding hydrogens is 312 g/mol. The standard InChI is InChI=1S/C22H32O3/c1-13-11-16-17(20(3)8-5-15(24)12-19(13)20)6-9-21(4)18(16)7-10-22(21,25)14(2)23/h12-13,16-18,25H,5-11H2,1-4H3/t13-,16+,17+,18-,20+,21-,22-/m0/s1. The first-order chi connectivity index (χ1) is 11.6. The molecule has 0 saturated heterocycles.